The first-order valence-corrected chi connectivity index (χ1v) is 15.2. The number of halogens is 1. The van der Waals surface area contributed by atoms with Crippen molar-refractivity contribution >= 4 is 27.5 Å². The summed E-state index contributed by atoms with van der Waals surface area (Å²) in [6, 6.07) is 16.8. The zero-order chi connectivity index (χ0) is 30.7. The molecule has 0 radical (unpaired) electrons. The Kier molecular flexibility index (Phi) is 11.7. The number of methoxy groups -OCH3 is 2. The summed E-state index contributed by atoms with van der Waals surface area (Å²) in [5, 5.41) is 2.89. The van der Waals surface area contributed by atoms with Gasteiger partial charge in [-0.3, -0.25) is 13.9 Å². The Morgan fingerprint density at radius 1 is 0.929 bits per heavy atom. The van der Waals surface area contributed by atoms with Gasteiger partial charge in [0.15, 0.2) is 0 Å². The average molecular weight is 600 g/mol. The molecule has 3 aromatic rings. The number of carbonyl (C=O) groups excluding carboxylic acids is 2. The predicted molar refractivity (Wildman–Crippen MR) is 159 cm³/mol. The molecule has 0 spiro atoms. The highest BCUT2D eigenvalue weighted by atomic mass is 32.2. The van der Waals surface area contributed by atoms with Crippen LogP contribution < -0.4 is 19.1 Å². The second kappa shape index (κ2) is 15.2. The van der Waals surface area contributed by atoms with Crippen LogP contribution in [0.25, 0.3) is 0 Å². The van der Waals surface area contributed by atoms with Gasteiger partial charge in [0.2, 0.25) is 11.8 Å². The standard InChI is InChI=1S/C31H38FN3O6S/c1-5-7-19-33-31(37)29(6-2)34(21-23-9-8-10-27(20-23)41-4)30(36)22-35(25-13-11-24(32)12-14-25)42(38,39)28-17-15-26(40-3)16-18-28/h8-18,20,29H,5-7,19,21-22H2,1-4H3,(H,33,37). The van der Waals surface area contributed by atoms with Gasteiger partial charge in [0.1, 0.15) is 29.9 Å². The number of ether oxygens (including phenoxy) is 2. The fourth-order valence-electron chi connectivity index (χ4n) is 4.40. The third-order valence-electron chi connectivity index (χ3n) is 6.74. The van der Waals surface area contributed by atoms with E-state index in [1.165, 1.54) is 55.5 Å². The fourth-order valence-corrected chi connectivity index (χ4v) is 5.82. The number of benzene rings is 3. The molecule has 0 bridgehead atoms. The SMILES string of the molecule is CCCCNC(=O)C(CC)N(Cc1cccc(OC)c1)C(=O)CN(c1ccc(F)cc1)S(=O)(=O)c1ccc(OC)cc1. The van der Waals surface area contributed by atoms with Crippen molar-refractivity contribution in [3.05, 3.63) is 84.2 Å². The molecule has 42 heavy (non-hydrogen) atoms. The maximum atomic E-state index is 14.1. The monoisotopic (exact) mass is 599 g/mol. The highest BCUT2D eigenvalue weighted by molar-refractivity contribution is 7.92. The summed E-state index contributed by atoms with van der Waals surface area (Å²) in [7, 11) is -1.29. The maximum Gasteiger partial charge on any atom is 0.264 e. The van der Waals surface area contributed by atoms with Crippen LogP contribution in [0.4, 0.5) is 10.1 Å². The molecule has 1 unspecified atom stereocenters. The van der Waals surface area contributed by atoms with Crippen molar-refractivity contribution < 1.29 is 31.9 Å². The lowest BCUT2D eigenvalue weighted by atomic mass is 10.1. The van der Waals surface area contributed by atoms with Crippen molar-refractivity contribution in [2.75, 3.05) is 31.6 Å². The largest absolute Gasteiger partial charge is 0.497 e. The molecule has 0 aromatic heterocycles. The van der Waals surface area contributed by atoms with Crippen LogP contribution in [0.15, 0.2) is 77.7 Å². The third-order valence-corrected chi connectivity index (χ3v) is 8.53. The zero-order valence-corrected chi connectivity index (χ0v) is 25.2. The van der Waals surface area contributed by atoms with Crippen molar-refractivity contribution in [1.29, 1.82) is 0 Å². The number of hydrogen-bond acceptors (Lipinski definition) is 6. The van der Waals surface area contributed by atoms with Gasteiger partial charge in [0.25, 0.3) is 10.0 Å². The lowest BCUT2D eigenvalue weighted by molar-refractivity contribution is -0.140. The highest BCUT2D eigenvalue weighted by Crippen LogP contribution is 2.26. The van der Waals surface area contributed by atoms with Gasteiger partial charge in [-0.1, -0.05) is 32.4 Å². The Balaban J connectivity index is 2.04. The van der Waals surface area contributed by atoms with Crippen LogP contribution in [0.2, 0.25) is 0 Å². The Bertz CT molecular complexity index is 1430. The van der Waals surface area contributed by atoms with E-state index in [9.17, 15) is 22.4 Å². The maximum absolute atomic E-state index is 14.1. The van der Waals surface area contributed by atoms with Gasteiger partial charge in [0, 0.05) is 13.1 Å². The minimum absolute atomic E-state index is 0.0373. The van der Waals surface area contributed by atoms with Crippen molar-refractivity contribution in [2.24, 2.45) is 0 Å². The fraction of sp³-hybridized carbons (Fsp3) is 0.355. The zero-order valence-electron chi connectivity index (χ0n) is 24.4. The summed E-state index contributed by atoms with van der Waals surface area (Å²) >= 11 is 0. The smallest absolute Gasteiger partial charge is 0.264 e. The summed E-state index contributed by atoms with van der Waals surface area (Å²) < 4.78 is 53.0. The van der Waals surface area contributed by atoms with Crippen LogP contribution in [0.5, 0.6) is 11.5 Å². The minimum atomic E-state index is -4.29. The number of rotatable bonds is 15. The molecular weight excluding hydrogens is 561 g/mol. The van der Waals surface area contributed by atoms with Crippen LogP contribution in [-0.4, -0.2) is 58.5 Å². The normalized spacial score (nSPS) is 11.8. The lowest BCUT2D eigenvalue weighted by Crippen LogP contribution is -2.52. The first kappa shape index (κ1) is 32.4. The van der Waals surface area contributed by atoms with E-state index in [0.29, 0.717) is 30.0 Å². The Morgan fingerprint density at radius 2 is 1.60 bits per heavy atom. The van der Waals surface area contributed by atoms with Gasteiger partial charge in [-0.15, -0.1) is 0 Å². The number of unbranched alkanes of at least 4 members (excludes halogenated alkanes) is 1. The second-order valence-electron chi connectivity index (χ2n) is 9.61. The van der Waals surface area contributed by atoms with Gasteiger partial charge in [-0.2, -0.15) is 0 Å². The Labute approximate surface area is 247 Å². The van der Waals surface area contributed by atoms with Crippen LogP contribution in [-0.2, 0) is 26.2 Å². The number of nitrogens with one attached hydrogen (secondary N) is 1. The van der Waals surface area contributed by atoms with E-state index >= 15 is 0 Å². The van der Waals surface area contributed by atoms with Gasteiger partial charge < -0.3 is 19.7 Å². The minimum Gasteiger partial charge on any atom is -0.497 e. The molecule has 1 atom stereocenters. The van der Waals surface area contributed by atoms with E-state index in [4.69, 9.17) is 9.47 Å². The van der Waals surface area contributed by atoms with E-state index in [-0.39, 0.29) is 23.0 Å². The van der Waals surface area contributed by atoms with E-state index in [1.54, 1.807) is 31.2 Å². The molecule has 0 saturated carbocycles. The number of hydrogen-bond donors (Lipinski definition) is 1. The van der Waals surface area contributed by atoms with Crippen LogP contribution in [0, 0.1) is 5.82 Å². The molecule has 2 amide bonds. The molecule has 3 rings (SSSR count). The average Bonchev–Trinajstić information content (AvgIpc) is 3.00. The number of carbonyl (C=O) groups is 2. The molecule has 11 heteroatoms. The second-order valence-corrected chi connectivity index (χ2v) is 11.5. The first-order valence-electron chi connectivity index (χ1n) is 13.8. The molecule has 226 valence electrons. The molecule has 0 fully saturated rings. The molecule has 1 N–H and O–H groups in total. The quantitative estimate of drug-likeness (QED) is 0.253. The molecule has 0 aliphatic rings. The molecule has 3 aromatic carbocycles. The summed E-state index contributed by atoms with van der Waals surface area (Å²) in [4.78, 5) is 28.7. The van der Waals surface area contributed by atoms with Crippen molar-refractivity contribution in [3.8, 4) is 11.5 Å². The van der Waals surface area contributed by atoms with Gasteiger partial charge in [0.05, 0.1) is 24.8 Å². The van der Waals surface area contributed by atoms with Gasteiger partial charge >= 0.3 is 0 Å². The lowest BCUT2D eigenvalue weighted by Gasteiger charge is -2.33. The van der Waals surface area contributed by atoms with E-state index < -0.39 is 34.3 Å². The predicted octanol–water partition coefficient (Wildman–Crippen LogP) is 4.76. The van der Waals surface area contributed by atoms with E-state index in [0.717, 1.165) is 29.3 Å². The molecule has 0 saturated heterocycles. The third kappa shape index (κ3) is 8.22. The number of amides is 2. The number of nitrogens with zero attached hydrogens (tertiary/aromatic N) is 2. The van der Waals surface area contributed by atoms with Crippen LogP contribution in [0.3, 0.4) is 0 Å². The number of anilines is 1. The van der Waals surface area contributed by atoms with E-state index in [1.807, 2.05) is 6.92 Å². The molecule has 0 heterocycles. The molecule has 9 nitrogen and oxygen atoms in total. The number of sulfonamides is 1. The van der Waals surface area contributed by atoms with Crippen molar-refractivity contribution in [1.82, 2.24) is 10.2 Å². The van der Waals surface area contributed by atoms with E-state index in [2.05, 4.69) is 5.32 Å². The summed E-state index contributed by atoms with van der Waals surface area (Å²) in [5.41, 5.74) is 0.802. The summed E-state index contributed by atoms with van der Waals surface area (Å²) in [6.45, 7) is 3.68. The van der Waals surface area contributed by atoms with Crippen molar-refractivity contribution in [3.63, 3.8) is 0 Å². The molecule has 0 aliphatic carbocycles. The van der Waals surface area contributed by atoms with Gasteiger partial charge in [-0.25, -0.2) is 12.8 Å². The highest BCUT2D eigenvalue weighted by Gasteiger charge is 2.33. The Hall–Kier alpha value is -4.12. The van der Waals surface area contributed by atoms with Crippen LogP contribution >= 0.6 is 0 Å². The first-order chi connectivity index (χ1) is 20.1. The summed E-state index contributed by atoms with van der Waals surface area (Å²) in [5.74, 6) is -0.440. The topological polar surface area (TPSA) is 105 Å². The molecule has 0 aliphatic heterocycles. The molecular formula is C31H38FN3O6S. The van der Waals surface area contributed by atoms with Gasteiger partial charge in [-0.05, 0) is 79.1 Å². The Morgan fingerprint density at radius 3 is 2.19 bits per heavy atom. The summed E-state index contributed by atoms with van der Waals surface area (Å²) in [6.07, 6.45) is 1.97. The van der Waals surface area contributed by atoms with Crippen LogP contribution in [0.1, 0.15) is 38.7 Å². The van der Waals surface area contributed by atoms with Crippen molar-refractivity contribution in [2.45, 2.75) is 50.6 Å².